The van der Waals surface area contributed by atoms with E-state index in [0.29, 0.717) is 0 Å². The third-order valence-electron chi connectivity index (χ3n) is 1.23. The maximum atomic E-state index is 10.5. The van der Waals surface area contributed by atoms with Gasteiger partial charge in [0, 0.05) is 11.8 Å². The van der Waals surface area contributed by atoms with Gasteiger partial charge >= 0.3 is 13.9 Å². The molecule has 0 heterocycles. The Morgan fingerprint density at radius 1 is 1.47 bits per heavy atom. The number of hydrogen-bond acceptors (Lipinski definition) is 5. The highest BCUT2D eigenvalue weighted by Crippen LogP contribution is 2.25. The number of nitrogens with zero attached hydrogens (tertiary/aromatic N) is 1. The molecule has 0 spiro atoms. The van der Waals surface area contributed by atoms with E-state index in [0.717, 1.165) is 0 Å². The highest BCUT2D eigenvalue weighted by Gasteiger charge is 2.12. The monoisotopic (exact) mass is 288 g/mol. The van der Waals surface area contributed by atoms with Crippen molar-refractivity contribution in [1.29, 1.82) is 0 Å². The first-order valence-corrected chi connectivity index (χ1v) is 7.07. The summed E-state index contributed by atoms with van der Waals surface area (Å²) in [5.41, 5.74) is 0. The molecule has 0 fully saturated rings. The summed E-state index contributed by atoms with van der Waals surface area (Å²) < 4.78 is 8.78. The lowest BCUT2D eigenvalue weighted by atomic mass is 10.2. The molecule has 0 radical (unpaired) electrons. The molecule has 10 heteroatoms. The van der Waals surface area contributed by atoms with Crippen LogP contribution in [0, 0.1) is 0 Å². The van der Waals surface area contributed by atoms with Crippen molar-refractivity contribution in [3.8, 4) is 0 Å². The predicted molar refractivity (Wildman–Crippen MR) is 65.9 cm³/mol. The molecule has 0 aliphatic carbocycles. The van der Waals surface area contributed by atoms with E-state index in [1.165, 1.54) is 7.05 Å². The zero-order valence-electron chi connectivity index (χ0n) is 9.95. The molecule has 0 aromatic carbocycles. The van der Waals surface area contributed by atoms with E-state index >= 15 is 0 Å². The number of carbonyl (C=O) groups excluding carboxylic acids is 1. The van der Waals surface area contributed by atoms with Crippen LogP contribution in [-0.4, -0.2) is 45.0 Å². The summed E-state index contributed by atoms with van der Waals surface area (Å²) in [6.45, 7) is 3.96. The van der Waals surface area contributed by atoms with Gasteiger partial charge < -0.3 is 20.0 Å². The van der Waals surface area contributed by atoms with Gasteiger partial charge in [0.2, 0.25) is 0 Å². The lowest BCUT2D eigenvalue weighted by Crippen LogP contribution is -2.19. The van der Waals surface area contributed by atoms with Crippen molar-refractivity contribution in [3.63, 3.8) is 0 Å². The van der Waals surface area contributed by atoms with Crippen molar-refractivity contribution in [3.05, 3.63) is 0 Å². The molecular weight excluding hydrogens is 271 g/mol. The van der Waals surface area contributed by atoms with Crippen molar-refractivity contribution in [2.24, 2.45) is 5.16 Å². The van der Waals surface area contributed by atoms with E-state index in [1.54, 1.807) is 18.0 Å². The summed E-state index contributed by atoms with van der Waals surface area (Å²) in [6.07, 6.45) is 3.00. The summed E-state index contributed by atoms with van der Waals surface area (Å²) in [7, 11) is -3.16. The summed E-state index contributed by atoms with van der Waals surface area (Å²) in [5.74, 6) is 0. The molecule has 0 saturated heterocycles. The molecule has 17 heavy (non-hydrogen) atoms. The third-order valence-corrected chi connectivity index (χ3v) is 2.39. The molecule has 0 saturated carbocycles. The van der Waals surface area contributed by atoms with Crippen LogP contribution in [0.2, 0.25) is 0 Å². The van der Waals surface area contributed by atoms with Gasteiger partial charge in [0.25, 0.3) is 0 Å². The van der Waals surface area contributed by atoms with Gasteiger partial charge in [-0.15, -0.1) is 0 Å². The summed E-state index contributed by atoms with van der Waals surface area (Å²) in [5, 5.41) is 5.81. The number of thioether (sulfide) groups is 1. The SMILES string of the molecule is CNC(=O)O/N=C/C(C)(C)SC.O=P(O)(O)O. The smallest absolute Gasteiger partial charge is 0.323 e. The number of oxime groups is 1. The van der Waals surface area contributed by atoms with Gasteiger partial charge in [-0.1, -0.05) is 5.16 Å². The van der Waals surface area contributed by atoms with E-state index in [9.17, 15) is 4.79 Å². The molecule has 0 bridgehead atoms. The quantitative estimate of drug-likeness (QED) is 0.258. The van der Waals surface area contributed by atoms with Crippen LogP contribution >= 0.6 is 19.6 Å². The molecule has 0 unspecified atom stereocenters. The normalized spacial score (nSPS) is 11.7. The fourth-order valence-corrected chi connectivity index (χ4v) is 0.448. The summed E-state index contributed by atoms with van der Waals surface area (Å²) >= 11 is 1.63. The first-order chi connectivity index (χ1) is 7.52. The molecule has 1 amide bonds. The molecule has 4 N–H and O–H groups in total. The maximum Gasteiger partial charge on any atom is 0.466 e. The maximum absolute atomic E-state index is 10.5. The fourth-order valence-electron chi connectivity index (χ4n) is 0.299. The average Bonchev–Trinajstić information content (AvgIpc) is 2.14. The van der Waals surface area contributed by atoms with Gasteiger partial charge in [-0.25, -0.2) is 9.36 Å². The standard InChI is InChI=1S/C7H14N2O2S.H3O4P/c1-7(2,12-4)5-9-11-6(10)8-3;1-5(2,3)4/h5H,1-4H3,(H,8,10);(H3,1,2,3,4)/b9-5+;. The van der Waals surface area contributed by atoms with E-state index in [-0.39, 0.29) is 4.75 Å². The Bertz CT molecular complexity index is 294. The molecule has 8 nitrogen and oxygen atoms in total. The summed E-state index contributed by atoms with van der Waals surface area (Å²) in [6, 6.07) is 0. The van der Waals surface area contributed by atoms with Gasteiger partial charge in [-0.05, 0) is 20.1 Å². The number of hydrogen-bond donors (Lipinski definition) is 4. The largest absolute Gasteiger partial charge is 0.466 e. The molecule has 0 aromatic heterocycles. The van der Waals surface area contributed by atoms with Crippen LogP contribution < -0.4 is 5.32 Å². The van der Waals surface area contributed by atoms with E-state index < -0.39 is 13.9 Å². The minimum Gasteiger partial charge on any atom is -0.323 e. The first kappa shape index (κ1) is 18.8. The predicted octanol–water partition coefficient (Wildman–Crippen LogP) is 0.541. The Morgan fingerprint density at radius 3 is 2.18 bits per heavy atom. The Labute approximate surface area is 104 Å². The molecule has 0 aliphatic heterocycles. The van der Waals surface area contributed by atoms with E-state index in [2.05, 4.69) is 15.3 Å². The number of carbonyl (C=O) groups is 1. The fraction of sp³-hybridized carbons (Fsp3) is 0.714. The van der Waals surface area contributed by atoms with Crippen LogP contribution in [0.3, 0.4) is 0 Å². The zero-order chi connectivity index (χ0) is 14.1. The second-order valence-electron chi connectivity index (χ2n) is 3.18. The van der Waals surface area contributed by atoms with Crippen molar-refractivity contribution in [1.82, 2.24) is 5.32 Å². The minimum absolute atomic E-state index is 0.103. The van der Waals surface area contributed by atoms with Gasteiger partial charge in [0.05, 0.1) is 6.21 Å². The van der Waals surface area contributed by atoms with E-state index in [4.69, 9.17) is 19.2 Å². The van der Waals surface area contributed by atoms with Crippen LogP contribution in [0.25, 0.3) is 0 Å². The number of nitrogens with one attached hydrogen (secondary N) is 1. The molecule has 102 valence electrons. The Hall–Kier alpha value is -0.600. The van der Waals surface area contributed by atoms with Crippen molar-refractivity contribution < 1.29 is 28.9 Å². The van der Waals surface area contributed by atoms with Crippen molar-refractivity contribution in [2.45, 2.75) is 18.6 Å². The number of rotatable bonds is 3. The highest BCUT2D eigenvalue weighted by molar-refractivity contribution is 8.00. The number of phosphoric acid groups is 1. The first-order valence-electron chi connectivity index (χ1n) is 4.28. The van der Waals surface area contributed by atoms with Gasteiger partial charge in [-0.3, -0.25) is 4.84 Å². The van der Waals surface area contributed by atoms with Crippen LogP contribution in [-0.2, 0) is 9.40 Å². The van der Waals surface area contributed by atoms with Gasteiger partial charge in [-0.2, -0.15) is 11.8 Å². The zero-order valence-corrected chi connectivity index (χ0v) is 11.7. The second-order valence-corrected chi connectivity index (χ2v) is 5.67. The van der Waals surface area contributed by atoms with Crippen molar-refractivity contribution >= 4 is 31.9 Å². The molecule has 0 aromatic rings. The highest BCUT2D eigenvalue weighted by atomic mass is 32.2. The Kier molecular flexibility index (Phi) is 9.36. The van der Waals surface area contributed by atoms with E-state index in [1.807, 2.05) is 20.1 Å². The number of amides is 1. The topological polar surface area (TPSA) is 128 Å². The van der Waals surface area contributed by atoms with Gasteiger partial charge in [0.1, 0.15) is 0 Å². The molecule has 0 rings (SSSR count). The lowest BCUT2D eigenvalue weighted by Gasteiger charge is -2.13. The van der Waals surface area contributed by atoms with Crippen LogP contribution in [0.4, 0.5) is 4.79 Å². The van der Waals surface area contributed by atoms with Crippen molar-refractivity contribution in [2.75, 3.05) is 13.3 Å². The summed E-state index contributed by atoms with van der Waals surface area (Å²) in [4.78, 5) is 36.5. The minimum atomic E-state index is -4.64. The average molecular weight is 288 g/mol. The Morgan fingerprint density at radius 2 is 1.88 bits per heavy atom. The molecule has 0 aliphatic rings. The Balaban J connectivity index is 0. The van der Waals surface area contributed by atoms with Gasteiger partial charge in [0.15, 0.2) is 0 Å². The lowest BCUT2D eigenvalue weighted by molar-refractivity contribution is 0.153. The second kappa shape index (κ2) is 8.48. The third kappa shape index (κ3) is 21.3. The van der Waals surface area contributed by atoms with Crippen LogP contribution in [0.5, 0.6) is 0 Å². The molecule has 0 atom stereocenters. The van der Waals surface area contributed by atoms with Crippen LogP contribution in [0.1, 0.15) is 13.8 Å². The molecular formula is C7H17N2O6PS. The van der Waals surface area contributed by atoms with Crippen LogP contribution in [0.15, 0.2) is 5.16 Å².